The molecule has 0 fully saturated rings. The lowest BCUT2D eigenvalue weighted by Gasteiger charge is -2.19. The number of guanidine groups is 1. The van der Waals surface area contributed by atoms with Gasteiger partial charge in [0.25, 0.3) is 0 Å². The van der Waals surface area contributed by atoms with Crippen molar-refractivity contribution in [2.75, 3.05) is 39.5 Å². The van der Waals surface area contributed by atoms with E-state index < -0.39 is 11.7 Å². The van der Waals surface area contributed by atoms with E-state index >= 15 is 0 Å². The van der Waals surface area contributed by atoms with E-state index in [1.165, 1.54) is 0 Å². The van der Waals surface area contributed by atoms with Crippen LogP contribution >= 0.6 is 0 Å². The highest BCUT2D eigenvalue weighted by molar-refractivity contribution is 5.79. The van der Waals surface area contributed by atoms with E-state index in [0.29, 0.717) is 46.1 Å². The van der Waals surface area contributed by atoms with Crippen LogP contribution in [0.4, 0.5) is 4.79 Å². The number of rotatable bonds is 13. The first-order chi connectivity index (χ1) is 14.8. The number of nitrogens with one attached hydrogen (secondary N) is 3. The summed E-state index contributed by atoms with van der Waals surface area (Å²) in [6.45, 7) is 14.6. The number of hydrogen-bond donors (Lipinski definition) is 3. The highest BCUT2D eigenvalue weighted by Crippen LogP contribution is 2.08. The zero-order valence-electron chi connectivity index (χ0n) is 19.8. The predicted molar refractivity (Wildman–Crippen MR) is 124 cm³/mol. The minimum Gasteiger partial charge on any atom is -0.444 e. The van der Waals surface area contributed by atoms with E-state index in [-0.39, 0.29) is 0 Å². The molecule has 1 rings (SSSR count). The number of aliphatic imine (C=N–C) groups is 1. The molecule has 0 aliphatic carbocycles. The molecule has 0 saturated heterocycles. The third-order valence-corrected chi connectivity index (χ3v) is 3.91. The number of carbonyl (C=O) groups is 1. The fraction of sp³-hybridized carbons (Fsp3) is 0.652. The highest BCUT2D eigenvalue weighted by Gasteiger charge is 2.15. The molecular weight excluding hydrogens is 396 g/mol. The van der Waals surface area contributed by atoms with Crippen LogP contribution in [0.2, 0.25) is 0 Å². The van der Waals surface area contributed by atoms with Gasteiger partial charge in [0.2, 0.25) is 0 Å². The molecule has 0 aliphatic heterocycles. The van der Waals surface area contributed by atoms with Gasteiger partial charge in [0.05, 0.1) is 26.4 Å². The van der Waals surface area contributed by atoms with Gasteiger partial charge in [0.15, 0.2) is 5.96 Å². The van der Waals surface area contributed by atoms with E-state index in [1.807, 2.05) is 40.7 Å². The lowest BCUT2D eigenvalue weighted by atomic mass is 10.1. The molecule has 1 aromatic rings. The predicted octanol–water partition coefficient (Wildman–Crippen LogP) is 3.21. The molecule has 0 aromatic heterocycles. The van der Waals surface area contributed by atoms with Crippen molar-refractivity contribution in [2.24, 2.45) is 4.99 Å². The minimum atomic E-state index is -0.486. The van der Waals surface area contributed by atoms with Crippen LogP contribution in [-0.4, -0.2) is 57.1 Å². The fourth-order valence-electron chi connectivity index (χ4n) is 2.58. The number of ether oxygens (including phenoxy) is 3. The molecule has 8 nitrogen and oxygen atoms in total. The molecular formula is C23H40N4O4. The normalized spacial score (nSPS) is 11.8. The Kier molecular flexibility index (Phi) is 13.3. The van der Waals surface area contributed by atoms with E-state index in [9.17, 15) is 4.79 Å². The van der Waals surface area contributed by atoms with Gasteiger partial charge in [-0.15, -0.1) is 0 Å². The second-order valence-electron chi connectivity index (χ2n) is 7.97. The van der Waals surface area contributed by atoms with Crippen LogP contribution in [0.15, 0.2) is 29.3 Å². The van der Waals surface area contributed by atoms with Gasteiger partial charge in [0.1, 0.15) is 5.60 Å². The van der Waals surface area contributed by atoms with Crippen molar-refractivity contribution in [3.63, 3.8) is 0 Å². The second-order valence-corrected chi connectivity index (χ2v) is 7.97. The Morgan fingerprint density at radius 1 is 1.00 bits per heavy atom. The van der Waals surface area contributed by atoms with Crippen LogP contribution < -0.4 is 16.0 Å². The third-order valence-electron chi connectivity index (χ3n) is 3.91. The first-order valence-corrected chi connectivity index (χ1v) is 11.1. The molecule has 0 bridgehead atoms. The van der Waals surface area contributed by atoms with Crippen molar-refractivity contribution < 1.29 is 19.0 Å². The molecule has 1 amide bonds. The van der Waals surface area contributed by atoms with Crippen molar-refractivity contribution in [3.05, 3.63) is 35.4 Å². The van der Waals surface area contributed by atoms with Crippen LogP contribution in [0.5, 0.6) is 0 Å². The van der Waals surface area contributed by atoms with Crippen molar-refractivity contribution in [1.29, 1.82) is 0 Å². The highest BCUT2D eigenvalue weighted by atomic mass is 16.6. The summed E-state index contributed by atoms with van der Waals surface area (Å²) in [6.07, 6.45) is 0.368. The quantitative estimate of drug-likeness (QED) is 0.250. The van der Waals surface area contributed by atoms with Crippen molar-refractivity contribution in [3.8, 4) is 0 Å². The smallest absolute Gasteiger partial charge is 0.407 e. The van der Waals surface area contributed by atoms with Crippen LogP contribution in [0.25, 0.3) is 0 Å². The lowest BCUT2D eigenvalue weighted by molar-refractivity contribution is 0.0453. The third kappa shape index (κ3) is 14.3. The summed E-state index contributed by atoms with van der Waals surface area (Å²) in [5, 5.41) is 9.29. The minimum absolute atomic E-state index is 0.394. The SMILES string of the molecule is CCNC(=NCc1cccc(COCCOCC)c1)NCCCNC(=O)OC(C)(C)C. The molecule has 0 saturated carbocycles. The molecule has 176 valence electrons. The van der Waals surface area contributed by atoms with E-state index in [1.54, 1.807) is 0 Å². The summed E-state index contributed by atoms with van der Waals surface area (Å²) in [5.41, 5.74) is 1.75. The van der Waals surface area contributed by atoms with Crippen molar-refractivity contribution in [1.82, 2.24) is 16.0 Å². The Balaban J connectivity index is 2.39. The van der Waals surface area contributed by atoms with E-state index in [0.717, 1.165) is 30.1 Å². The monoisotopic (exact) mass is 436 g/mol. The summed E-state index contributed by atoms with van der Waals surface area (Å²) in [7, 11) is 0. The van der Waals surface area contributed by atoms with Gasteiger partial charge < -0.3 is 30.2 Å². The number of nitrogens with zero attached hydrogens (tertiary/aromatic N) is 1. The first kappa shape index (κ1) is 26.7. The zero-order valence-corrected chi connectivity index (χ0v) is 19.8. The van der Waals surface area contributed by atoms with Gasteiger partial charge in [-0.1, -0.05) is 24.3 Å². The largest absolute Gasteiger partial charge is 0.444 e. The molecule has 0 aliphatic rings. The summed E-state index contributed by atoms with van der Waals surface area (Å²) >= 11 is 0. The Morgan fingerprint density at radius 3 is 2.42 bits per heavy atom. The molecule has 1 aromatic carbocycles. The Hall–Kier alpha value is -2.32. The van der Waals surface area contributed by atoms with Gasteiger partial charge in [-0.2, -0.15) is 0 Å². The van der Waals surface area contributed by atoms with E-state index in [4.69, 9.17) is 14.2 Å². The first-order valence-electron chi connectivity index (χ1n) is 11.1. The summed E-state index contributed by atoms with van der Waals surface area (Å²) < 4.78 is 16.1. The molecule has 0 atom stereocenters. The second kappa shape index (κ2) is 15.5. The average molecular weight is 437 g/mol. The number of carbonyl (C=O) groups excluding carboxylic acids is 1. The Bertz CT molecular complexity index is 659. The van der Waals surface area contributed by atoms with Gasteiger partial charge in [0, 0.05) is 26.2 Å². The molecule has 8 heteroatoms. The zero-order chi connectivity index (χ0) is 23.0. The topological polar surface area (TPSA) is 93.2 Å². The van der Waals surface area contributed by atoms with Crippen LogP contribution in [0.1, 0.15) is 52.2 Å². The van der Waals surface area contributed by atoms with Crippen molar-refractivity contribution in [2.45, 2.75) is 59.8 Å². The van der Waals surface area contributed by atoms with Crippen LogP contribution in [0.3, 0.4) is 0 Å². The standard InChI is InChI=1S/C23H40N4O4/c1-6-24-21(25-12-9-13-26-22(28)31-23(3,4)5)27-17-19-10-8-11-20(16-19)18-30-15-14-29-7-2/h8,10-11,16H,6-7,9,12-15,17-18H2,1-5H3,(H,26,28)(H2,24,25,27). The number of benzene rings is 1. The Labute approximate surface area is 187 Å². The lowest BCUT2D eigenvalue weighted by Crippen LogP contribution is -2.39. The maximum Gasteiger partial charge on any atom is 0.407 e. The van der Waals surface area contributed by atoms with E-state index in [2.05, 4.69) is 39.1 Å². The molecule has 0 spiro atoms. The number of alkyl carbamates (subject to hydrolysis) is 1. The van der Waals surface area contributed by atoms with Crippen LogP contribution in [0, 0.1) is 0 Å². The van der Waals surface area contributed by atoms with Gasteiger partial charge in [-0.3, -0.25) is 0 Å². The summed E-state index contributed by atoms with van der Waals surface area (Å²) in [4.78, 5) is 16.3. The Morgan fingerprint density at radius 2 is 1.71 bits per heavy atom. The maximum atomic E-state index is 11.7. The number of hydrogen-bond acceptors (Lipinski definition) is 5. The molecule has 3 N–H and O–H groups in total. The number of amides is 1. The fourth-order valence-corrected chi connectivity index (χ4v) is 2.58. The van der Waals surface area contributed by atoms with Gasteiger partial charge in [-0.05, 0) is 52.2 Å². The summed E-state index contributed by atoms with van der Waals surface area (Å²) in [5.74, 6) is 0.748. The van der Waals surface area contributed by atoms with Gasteiger partial charge in [-0.25, -0.2) is 9.79 Å². The average Bonchev–Trinajstić information content (AvgIpc) is 2.70. The summed E-state index contributed by atoms with van der Waals surface area (Å²) in [6, 6.07) is 8.24. The van der Waals surface area contributed by atoms with Gasteiger partial charge >= 0.3 is 6.09 Å². The maximum absolute atomic E-state index is 11.7. The molecule has 0 radical (unpaired) electrons. The molecule has 0 unspecified atom stereocenters. The molecule has 0 heterocycles. The molecule has 31 heavy (non-hydrogen) atoms. The van der Waals surface area contributed by atoms with Crippen molar-refractivity contribution >= 4 is 12.1 Å². The van der Waals surface area contributed by atoms with Crippen LogP contribution in [-0.2, 0) is 27.4 Å².